The lowest BCUT2D eigenvalue weighted by Crippen LogP contribution is -2.16. The molecule has 8 heteroatoms. The summed E-state index contributed by atoms with van der Waals surface area (Å²) in [4.78, 5) is 53.9. The van der Waals surface area contributed by atoms with Gasteiger partial charge in [0, 0.05) is 64.8 Å². The number of methoxy groups -OCH3 is 1. The highest BCUT2D eigenvalue weighted by Gasteiger charge is 2.20. The molecule has 3 aromatic carbocycles. The molecule has 0 amide bonds. The molecule has 1 aromatic heterocycles. The Hall–Kier alpha value is -4.81. The third-order valence-electron chi connectivity index (χ3n) is 6.59. The predicted molar refractivity (Wildman–Crippen MR) is 149 cm³/mol. The maximum atomic E-state index is 13.5. The van der Waals surface area contributed by atoms with Gasteiger partial charge < -0.3 is 14.1 Å². The van der Waals surface area contributed by atoms with Gasteiger partial charge in [0.15, 0.2) is 17.5 Å². The molecule has 4 rings (SSSR count). The van der Waals surface area contributed by atoms with Crippen molar-refractivity contribution in [3.63, 3.8) is 0 Å². The van der Waals surface area contributed by atoms with E-state index in [4.69, 9.17) is 9.57 Å². The molecule has 1 heterocycles. The van der Waals surface area contributed by atoms with Gasteiger partial charge in [-0.05, 0) is 55.8 Å². The fourth-order valence-corrected chi connectivity index (χ4v) is 4.62. The summed E-state index contributed by atoms with van der Waals surface area (Å²) in [5, 5.41) is 5.39. The van der Waals surface area contributed by atoms with Gasteiger partial charge in [-0.1, -0.05) is 29.4 Å². The van der Waals surface area contributed by atoms with Crippen molar-refractivity contribution < 1.29 is 28.8 Å². The third kappa shape index (κ3) is 5.56. The number of aromatic nitrogens is 1. The van der Waals surface area contributed by atoms with Crippen LogP contribution < -0.4 is 0 Å². The molecule has 198 valence electrons. The molecular formula is C31H28N2O6. The highest BCUT2D eigenvalue weighted by atomic mass is 16.7. The minimum absolute atomic E-state index is 0.00829. The Balaban J connectivity index is 1.80. The van der Waals surface area contributed by atoms with Crippen molar-refractivity contribution in [2.45, 2.75) is 40.2 Å². The zero-order valence-corrected chi connectivity index (χ0v) is 22.2. The van der Waals surface area contributed by atoms with Crippen LogP contribution in [0, 0.1) is 6.92 Å². The van der Waals surface area contributed by atoms with E-state index in [1.165, 1.54) is 14.0 Å². The monoisotopic (exact) mass is 524 g/mol. The highest BCUT2D eigenvalue weighted by Crippen LogP contribution is 2.32. The van der Waals surface area contributed by atoms with Crippen LogP contribution in [0.25, 0.3) is 21.8 Å². The van der Waals surface area contributed by atoms with Gasteiger partial charge >= 0.3 is 5.97 Å². The maximum absolute atomic E-state index is 13.5. The first-order valence-electron chi connectivity index (χ1n) is 12.5. The zero-order valence-electron chi connectivity index (χ0n) is 22.2. The van der Waals surface area contributed by atoms with E-state index < -0.39 is 11.8 Å². The van der Waals surface area contributed by atoms with Gasteiger partial charge in [-0.2, -0.15) is 0 Å². The van der Waals surface area contributed by atoms with Crippen LogP contribution in [0.1, 0.15) is 58.5 Å². The first-order valence-corrected chi connectivity index (χ1v) is 12.5. The average Bonchev–Trinajstić information content (AvgIpc) is 3.26. The molecular weight excluding hydrogens is 496 g/mol. The van der Waals surface area contributed by atoms with E-state index in [1.807, 2.05) is 62.4 Å². The molecule has 0 fully saturated rings. The minimum Gasteiger partial charge on any atom is -0.490 e. The fraction of sp³-hybridized carbons (Fsp3) is 0.226. The first-order chi connectivity index (χ1) is 18.8. The van der Waals surface area contributed by atoms with Crippen molar-refractivity contribution in [1.82, 2.24) is 4.57 Å². The van der Waals surface area contributed by atoms with E-state index >= 15 is 0 Å². The second kappa shape index (κ2) is 11.7. The SMILES string of the molecule is CCn1c2ccc(C(=O)/C(CCC(=C=O)OC)=N\OC(C)=O)cc2c2cc(C(=O)c3ccccc3C)ccc21. The molecule has 0 atom stereocenters. The molecule has 0 aliphatic carbocycles. The van der Waals surface area contributed by atoms with E-state index in [0.717, 1.165) is 27.4 Å². The van der Waals surface area contributed by atoms with Crippen LogP contribution in [0.15, 0.2) is 71.6 Å². The summed E-state index contributed by atoms with van der Waals surface area (Å²) in [5.74, 6) is 0.487. The van der Waals surface area contributed by atoms with Gasteiger partial charge in [0.05, 0.1) is 7.11 Å². The predicted octanol–water partition coefficient (Wildman–Crippen LogP) is 5.60. The number of oxime groups is 1. The maximum Gasteiger partial charge on any atom is 0.331 e. The van der Waals surface area contributed by atoms with E-state index in [0.29, 0.717) is 23.2 Å². The van der Waals surface area contributed by atoms with Crippen LogP contribution in [-0.4, -0.2) is 40.9 Å². The lowest BCUT2D eigenvalue weighted by atomic mass is 9.97. The molecule has 0 saturated carbocycles. The average molecular weight is 525 g/mol. The van der Waals surface area contributed by atoms with Gasteiger partial charge in [-0.15, -0.1) is 0 Å². The van der Waals surface area contributed by atoms with Crippen LogP contribution in [-0.2, 0) is 25.7 Å². The second-order valence-corrected chi connectivity index (χ2v) is 9.03. The Morgan fingerprint density at radius 1 is 0.923 bits per heavy atom. The molecule has 0 N–H and O–H groups in total. The number of fused-ring (bicyclic) bond motifs is 3. The minimum atomic E-state index is -0.675. The third-order valence-corrected chi connectivity index (χ3v) is 6.59. The fourth-order valence-electron chi connectivity index (χ4n) is 4.62. The topological polar surface area (TPSA) is 104 Å². The number of rotatable bonds is 10. The van der Waals surface area contributed by atoms with Crippen LogP contribution in [0.2, 0.25) is 0 Å². The molecule has 0 aliphatic rings. The summed E-state index contributed by atoms with van der Waals surface area (Å²) in [6, 6.07) is 18.4. The van der Waals surface area contributed by atoms with E-state index in [-0.39, 0.29) is 30.1 Å². The van der Waals surface area contributed by atoms with E-state index in [9.17, 15) is 19.2 Å². The van der Waals surface area contributed by atoms with Crippen LogP contribution in [0.3, 0.4) is 0 Å². The van der Waals surface area contributed by atoms with E-state index in [2.05, 4.69) is 9.72 Å². The Labute approximate surface area is 225 Å². The molecule has 8 nitrogen and oxygen atoms in total. The van der Waals surface area contributed by atoms with Crippen LogP contribution in [0.4, 0.5) is 0 Å². The van der Waals surface area contributed by atoms with Gasteiger partial charge in [-0.3, -0.25) is 9.59 Å². The van der Waals surface area contributed by atoms with Gasteiger partial charge in [0.2, 0.25) is 5.78 Å². The summed E-state index contributed by atoms with van der Waals surface area (Å²) in [5.41, 5.74) is 4.22. The molecule has 4 aromatic rings. The number of carbonyl (C=O) groups is 3. The molecule has 0 unspecified atom stereocenters. The van der Waals surface area contributed by atoms with Gasteiger partial charge in [0.25, 0.3) is 0 Å². The summed E-state index contributed by atoms with van der Waals surface area (Å²) < 4.78 is 7.06. The number of nitrogens with zero attached hydrogens (tertiary/aromatic N) is 2. The Morgan fingerprint density at radius 2 is 1.56 bits per heavy atom. The summed E-state index contributed by atoms with van der Waals surface area (Å²) in [6.45, 7) is 5.80. The Kier molecular flexibility index (Phi) is 8.18. The molecule has 39 heavy (non-hydrogen) atoms. The van der Waals surface area contributed by atoms with Crippen molar-refractivity contribution in [3.8, 4) is 0 Å². The number of hydrogen-bond acceptors (Lipinski definition) is 7. The van der Waals surface area contributed by atoms with Crippen molar-refractivity contribution >= 4 is 51.0 Å². The first kappa shape index (κ1) is 27.2. The molecule has 0 spiro atoms. The summed E-state index contributed by atoms with van der Waals surface area (Å²) in [7, 11) is 1.33. The quantitative estimate of drug-likeness (QED) is 0.0668. The number of hydrogen-bond donors (Lipinski definition) is 0. The summed E-state index contributed by atoms with van der Waals surface area (Å²) in [6.07, 6.45) is 0.0714. The lowest BCUT2D eigenvalue weighted by molar-refractivity contribution is -0.140. The lowest BCUT2D eigenvalue weighted by Gasteiger charge is -2.07. The molecule has 0 saturated heterocycles. The molecule has 0 bridgehead atoms. The number of benzene rings is 3. The molecule has 0 aliphatic heterocycles. The number of aryl methyl sites for hydroxylation is 2. The Morgan fingerprint density at radius 3 is 2.15 bits per heavy atom. The largest absolute Gasteiger partial charge is 0.490 e. The normalized spacial score (nSPS) is 11.3. The van der Waals surface area contributed by atoms with E-state index in [1.54, 1.807) is 18.1 Å². The number of ether oxygens (including phenoxy) is 1. The van der Waals surface area contributed by atoms with Crippen molar-refractivity contribution in [1.29, 1.82) is 0 Å². The van der Waals surface area contributed by atoms with Gasteiger partial charge in [0.1, 0.15) is 5.71 Å². The number of carbonyl (C=O) groups excluding carboxylic acids is 4. The van der Waals surface area contributed by atoms with Crippen molar-refractivity contribution in [3.05, 3.63) is 88.7 Å². The number of allylic oxidation sites excluding steroid dienone is 1. The summed E-state index contributed by atoms with van der Waals surface area (Å²) >= 11 is 0. The number of Topliss-reactive ketones (excluding diaryl/α,β-unsaturated/α-hetero) is 1. The zero-order chi connectivity index (χ0) is 28.1. The Bertz CT molecular complexity index is 1690. The van der Waals surface area contributed by atoms with Crippen molar-refractivity contribution in [2.24, 2.45) is 5.16 Å². The number of ketones is 2. The highest BCUT2D eigenvalue weighted by molar-refractivity contribution is 6.46. The van der Waals surface area contributed by atoms with Crippen molar-refractivity contribution in [2.75, 3.05) is 7.11 Å². The standard InChI is InChI=1S/C31H28N2O6/c1-5-33-28-14-10-21(30(36)24-9-7-6-8-19(24)2)16-25(28)26-17-22(11-15-29(26)33)31(37)27(32-39-20(3)35)13-12-23(18-34)38-4/h6-11,14-17H,5,12-13H2,1-4H3/b32-27-. The van der Waals surface area contributed by atoms with Gasteiger partial charge in [-0.25, -0.2) is 9.59 Å². The second-order valence-electron chi connectivity index (χ2n) is 9.03. The smallest absolute Gasteiger partial charge is 0.331 e. The molecule has 0 radical (unpaired) electrons. The van der Waals surface area contributed by atoms with Crippen LogP contribution in [0.5, 0.6) is 0 Å². The van der Waals surface area contributed by atoms with Crippen LogP contribution >= 0.6 is 0 Å².